The lowest BCUT2D eigenvalue weighted by atomic mass is 9.92. The summed E-state index contributed by atoms with van der Waals surface area (Å²) in [6.07, 6.45) is 2.44. The van der Waals surface area contributed by atoms with Crippen LogP contribution in [0.25, 0.3) is 0 Å². The van der Waals surface area contributed by atoms with Crippen LogP contribution in [0.2, 0.25) is 0 Å². The Balaban J connectivity index is 1.93. The molecule has 106 valence electrons. The molecule has 3 nitrogen and oxygen atoms in total. The van der Waals surface area contributed by atoms with E-state index in [2.05, 4.69) is 31.0 Å². The molecule has 1 saturated carbocycles. The first-order valence-electron chi connectivity index (χ1n) is 7.14. The number of nitrogens with two attached hydrogens (primary N) is 1. The topological polar surface area (TPSA) is 55.1 Å². The van der Waals surface area contributed by atoms with Crippen LogP contribution in [0.4, 0.5) is 0 Å². The lowest BCUT2D eigenvalue weighted by Crippen LogP contribution is -2.32. The molecular weight excluding hydrogens is 248 g/mol. The first-order chi connectivity index (χ1) is 9.57. The molecule has 1 aromatic carbocycles. The lowest BCUT2D eigenvalue weighted by molar-refractivity contribution is 0.0940. The third kappa shape index (κ3) is 3.40. The highest BCUT2D eigenvalue weighted by Crippen LogP contribution is 2.51. The average Bonchev–Trinajstić information content (AvgIpc) is 3.24. The summed E-state index contributed by atoms with van der Waals surface area (Å²) in [6.45, 7) is 5.58. The molecule has 1 fully saturated rings. The van der Waals surface area contributed by atoms with E-state index in [-0.39, 0.29) is 5.91 Å². The van der Waals surface area contributed by atoms with Crippen molar-refractivity contribution in [1.29, 1.82) is 0 Å². The van der Waals surface area contributed by atoms with Gasteiger partial charge in [0.25, 0.3) is 5.91 Å². The minimum Gasteiger partial charge on any atom is -0.351 e. The van der Waals surface area contributed by atoms with Crippen molar-refractivity contribution in [3.8, 4) is 11.8 Å². The minimum absolute atomic E-state index is 0.00439. The van der Waals surface area contributed by atoms with Gasteiger partial charge in [0.2, 0.25) is 0 Å². The van der Waals surface area contributed by atoms with Crippen LogP contribution in [0.3, 0.4) is 0 Å². The van der Waals surface area contributed by atoms with Crippen LogP contribution in [0, 0.1) is 23.2 Å². The van der Waals surface area contributed by atoms with Gasteiger partial charge in [-0.15, -0.1) is 0 Å². The number of rotatable bonds is 4. The first kappa shape index (κ1) is 14.6. The van der Waals surface area contributed by atoms with E-state index in [9.17, 15) is 4.79 Å². The maximum absolute atomic E-state index is 12.1. The fourth-order valence-corrected chi connectivity index (χ4v) is 2.34. The number of benzene rings is 1. The second kappa shape index (κ2) is 6.11. The molecule has 0 spiro atoms. The first-order valence-corrected chi connectivity index (χ1v) is 7.14. The molecule has 0 bridgehead atoms. The van der Waals surface area contributed by atoms with E-state index in [1.807, 2.05) is 24.3 Å². The lowest BCUT2D eigenvalue weighted by Gasteiger charge is -2.19. The van der Waals surface area contributed by atoms with Crippen molar-refractivity contribution >= 4 is 5.91 Å². The fraction of sp³-hybridized carbons (Fsp3) is 0.471. The Morgan fingerprint density at radius 3 is 2.50 bits per heavy atom. The Morgan fingerprint density at radius 1 is 1.35 bits per heavy atom. The van der Waals surface area contributed by atoms with E-state index in [0.717, 1.165) is 12.1 Å². The molecule has 1 aliphatic carbocycles. The van der Waals surface area contributed by atoms with Gasteiger partial charge in [0.05, 0.1) is 6.54 Å². The smallest absolute Gasteiger partial charge is 0.251 e. The van der Waals surface area contributed by atoms with Gasteiger partial charge in [-0.25, -0.2) is 0 Å². The zero-order valence-electron chi connectivity index (χ0n) is 12.2. The summed E-state index contributed by atoms with van der Waals surface area (Å²) in [4.78, 5) is 12.1. The summed E-state index contributed by atoms with van der Waals surface area (Å²) in [5.74, 6) is 6.36. The maximum atomic E-state index is 12.1. The van der Waals surface area contributed by atoms with Gasteiger partial charge in [0.15, 0.2) is 0 Å². The van der Waals surface area contributed by atoms with Gasteiger partial charge < -0.3 is 11.1 Å². The van der Waals surface area contributed by atoms with Gasteiger partial charge in [-0.3, -0.25) is 4.79 Å². The van der Waals surface area contributed by atoms with E-state index in [1.54, 1.807) is 0 Å². The third-order valence-electron chi connectivity index (χ3n) is 4.20. The molecule has 1 amide bonds. The molecule has 1 aliphatic rings. The van der Waals surface area contributed by atoms with Crippen molar-refractivity contribution in [3.63, 3.8) is 0 Å². The van der Waals surface area contributed by atoms with E-state index in [0.29, 0.717) is 23.4 Å². The number of hydrogen-bond donors (Lipinski definition) is 2. The van der Waals surface area contributed by atoms with Crippen molar-refractivity contribution in [3.05, 3.63) is 35.4 Å². The fourth-order valence-electron chi connectivity index (χ4n) is 2.34. The highest BCUT2D eigenvalue weighted by Gasteiger charge is 2.45. The van der Waals surface area contributed by atoms with Gasteiger partial charge in [-0.2, -0.15) is 0 Å². The molecule has 0 radical (unpaired) electrons. The summed E-state index contributed by atoms with van der Waals surface area (Å²) in [7, 11) is 0. The Morgan fingerprint density at radius 2 is 2.00 bits per heavy atom. The molecular formula is C17H22N2O. The van der Waals surface area contributed by atoms with E-state index >= 15 is 0 Å². The molecule has 1 aromatic rings. The Kier molecular flexibility index (Phi) is 4.46. The Bertz CT molecular complexity index is 530. The van der Waals surface area contributed by atoms with E-state index < -0.39 is 0 Å². The zero-order valence-corrected chi connectivity index (χ0v) is 12.2. The second-order valence-electron chi connectivity index (χ2n) is 5.78. The summed E-state index contributed by atoms with van der Waals surface area (Å²) in [5, 5.41) is 3.05. The van der Waals surface area contributed by atoms with Crippen LogP contribution >= 0.6 is 0 Å². The normalized spacial score (nSPS) is 15.4. The van der Waals surface area contributed by atoms with Crippen molar-refractivity contribution < 1.29 is 4.79 Å². The van der Waals surface area contributed by atoms with E-state index in [1.165, 1.54) is 12.8 Å². The van der Waals surface area contributed by atoms with Crippen LogP contribution in [0.1, 0.15) is 42.6 Å². The molecule has 3 heteroatoms. The van der Waals surface area contributed by atoms with Crippen LogP contribution in [0.15, 0.2) is 24.3 Å². The third-order valence-corrected chi connectivity index (χ3v) is 4.20. The summed E-state index contributed by atoms with van der Waals surface area (Å²) in [5.41, 5.74) is 7.23. The SMILES string of the molecule is CC(C)C1(CNC(=O)c2ccc(C#CCN)cc2)CC1. The van der Waals surface area contributed by atoms with Gasteiger partial charge in [-0.1, -0.05) is 25.7 Å². The van der Waals surface area contributed by atoms with Gasteiger partial charge in [0.1, 0.15) is 0 Å². The number of amides is 1. The molecule has 0 aliphatic heterocycles. The summed E-state index contributed by atoms with van der Waals surface area (Å²) >= 11 is 0. The quantitative estimate of drug-likeness (QED) is 0.824. The molecule has 0 aromatic heterocycles. The van der Waals surface area contributed by atoms with Crippen LogP contribution in [0.5, 0.6) is 0 Å². The predicted octanol–water partition coefficient (Wildman–Crippen LogP) is 2.16. The average molecular weight is 270 g/mol. The van der Waals surface area contributed by atoms with Gasteiger partial charge >= 0.3 is 0 Å². The molecule has 3 N–H and O–H groups in total. The number of hydrogen-bond acceptors (Lipinski definition) is 2. The number of nitrogens with one attached hydrogen (secondary N) is 1. The summed E-state index contributed by atoms with van der Waals surface area (Å²) in [6, 6.07) is 7.33. The summed E-state index contributed by atoms with van der Waals surface area (Å²) < 4.78 is 0. The molecule has 0 heterocycles. The standard InChI is InChI=1S/C17H22N2O/c1-13(2)17(9-10-17)12-19-16(20)15-7-5-14(6-8-15)4-3-11-18/h5-8,13H,9-12,18H2,1-2H3,(H,19,20). The molecule has 0 saturated heterocycles. The molecule has 0 atom stereocenters. The molecule has 2 rings (SSSR count). The van der Waals surface area contributed by atoms with Crippen LogP contribution in [-0.4, -0.2) is 19.0 Å². The van der Waals surface area contributed by atoms with Crippen molar-refractivity contribution in [2.75, 3.05) is 13.1 Å². The van der Waals surface area contributed by atoms with Crippen LogP contribution in [-0.2, 0) is 0 Å². The van der Waals surface area contributed by atoms with Crippen molar-refractivity contribution in [1.82, 2.24) is 5.32 Å². The highest BCUT2D eigenvalue weighted by atomic mass is 16.1. The molecule has 0 unspecified atom stereocenters. The largest absolute Gasteiger partial charge is 0.351 e. The number of carbonyl (C=O) groups excluding carboxylic acids is 1. The number of carbonyl (C=O) groups is 1. The monoisotopic (exact) mass is 270 g/mol. The molecule has 20 heavy (non-hydrogen) atoms. The zero-order chi connectivity index (χ0) is 14.6. The van der Waals surface area contributed by atoms with Gasteiger partial charge in [-0.05, 0) is 48.4 Å². The van der Waals surface area contributed by atoms with Gasteiger partial charge in [0, 0.05) is 17.7 Å². The van der Waals surface area contributed by atoms with E-state index in [4.69, 9.17) is 5.73 Å². The Labute approximate surface area is 120 Å². The van der Waals surface area contributed by atoms with Crippen molar-refractivity contribution in [2.24, 2.45) is 17.1 Å². The second-order valence-corrected chi connectivity index (χ2v) is 5.78. The predicted molar refractivity (Wildman–Crippen MR) is 81.2 cm³/mol. The highest BCUT2D eigenvalue weighted by molar-refractivity contribution is 5.94. The minimum atomic E-state index is -0.00439. The van der Waals surface area contributed by atoms with Crippen molar-refractivity contribution in [2.45, 2.75) is 26.7 Å². The van der Waals surface area contributed by atoms with Crippen LogP contribution < -0.4 is 11.1 Å². The maximum Gasteiger partial charge on any atom is 0.251 e. The Hall–Kier alpha value is -1.79.